The van der Waals surface area contributed by atoms with Gasteiger partial charge in [0.2, 0.25) is 0 Å². The number of hydrogen-bond acceptors (Lipinski definition) is 1. The summed E-state index contributed by atoms with van der Waals surface area (Å²) >= 11 is 2.54. The Labute approximate surface area is 123 Å². The van der Waals surface area contributed by atoms with Gasteiger partial charge < -0.3 is 0 Å². The first-order chi connectivity index (χ1) is 8.77. The zero-order valence-corrected chi connectivity index (χ0v) is 12.7. The van der Waals surface area contributed by atoms with Crippen molar-refractivity contribution >= 4 is 22.6 Å². The van der Waals surface area contributed by atoms with E-state index in [1.807, 2.05) is 18.5 Å². The van der Waals surface area contributed by atoms with Crippen molar-refractivity contribution in [2.75, 3.05) is 0 Å². The van der Waals surface area contributed by atoms with E-state index in [9.17, 15) is 0 Å². The van der Waals surface area contributed by atoms with E-state index in [4.69, 9.17) is 0 Å². The molecule has 0 N–H and O–H groups in total. The van der Waals surface area contributed by atoms with Crippen molar-refractivity contribution in [3.63, 3.8) is 0 Å². The number of benzene rings is 1. The number of alkyl halides is 1. The van der Waals surface area contributed by atoms with Gasteiger partial charge in [0.15, 0.2) is 0 Å². The molecule has 0 bridgehead atoms. The third-order valence-electron chi connectivity index (χ3n) is 3.27. The molecular weight excluding hydrogens is 333 g/mol. The number of halogens is 1. The molecule has 1 nitrogen and oxygen atoms in total. The van der Waals surface area contributed by atoms with Crippen LogP contribution in [0.5, 0.6) is 0 Å². The number of aromatic nitrogens is 1. The Morgan fingerprint density at radius 1 is 1.00 bits per heavy atom. The van der Waals surface area contributed by atoms with Crippen LogP contribution in [-0.2, 0) is 0 Å². The quantitative estimate of drug-likeness (QED) is 0.537. The zero-order valence-electron chi connectivity index (χ0n) is 10.6. The minimum absolute atomic E-state index is 0.583. The first-order valence-electron chi connectivity index (χ1n) is 6.36. The van der Waals surface area contributed by atoms with Gasteiger partial charge >= 0.3 is 0 Å². The van der Waals surface area contributed by atoms with Gasteiger partial charge in [-0.1, -0.05) is 65.9 Å². The zero-order chi connectivity index (χ0) is 12.8. The van der Waals surface area contributed by atoms with Crippen LogP contribution >= 0.6 is 22.6 Å². The average Bonchev–Trinajstić information content (AvgIpc) is 2.46. The van der Waals surface area contributed by atoms with E-state index in [-0.39, 0.29) is 0 Å². The second kappa shape index (κ2) is 6.88. The van der Waals surface area contributed by atoms with Gasteiger partial charge in [-0.15, -0.1) is 0 Å². The molecule has 0 aliphatic carbocycles. The normalized spacial score (nSPS) is 14.1. The summed E-state index contributed by atoms with van der Waals surface area (Å²) in [7, 11) is 0. The molecule has 0 aliphatic rings. The van der Waals surface area contributed by atoms with E-state index in [1.165, 1.54) is 24.0 Å². The van der Waals surface area contributed by atoms with Crippen LogP contribution < -0.4 is 0 Å². The van der Waals surface area contributed by atoms with E-state index in [2.05, 4.69) is 70.9 Å². The topological polar surface area (TPSA) is 12.9 Å². The minimum atomic E-state index is 0.583. The average molecular weight is 351 g/mol. The van der Waals surface area contributed by atoms with Gasteiger partial charge in [-0.3, -0.25) is 4.98 Å². The van der Waals surface area contributed by atoms with Crippen LogP contribution in [0, 0.1) is 0 Å². The maximum Gasteiger partial charge on any atom is 0.0359 e. The van der Waals surface area contributed by atoms with E-state index in [0.29, 0.717) is 9.84 Å². The summed E-state index contributed by atoms with van der Waals surface area (Å²) in [5.74, 6) is 0.583. The summed E-state index contributed by atoms with van der Waals surface area (Å²) < 4.78 is 0.600. The van der Waals surface area contributed by atoms with Crippen molar-refractivity contribution in [2.45, 2.75) is 29.6 Å². The Bertz CT molecular complexity index is 410. The molecule has 0 saturated carbocycles. The van der Waals surface area contributed by atoms with Crippen molar-refractivity contribution in [1.82, 2.24) is 4.98 Å². The number of rotatable bonds is 5. The summed E-state index contributed by atoms with van der Waals surface area (Å²) in [5.41, 5.74) is 2.77. The van der Waals surface area contributed by atoms with Crippen LogP contribution in [0.3, 0.4) is 0 Å². The molecule has 0 saturated heterocycles. The van der Waals surface area contributed by atoms with Crippen molar-refractivity contribution < 1.29 is 0 Å². The highest BCUT2D eigenvalue weighted by molar-refractivity contribution is 14.1. The van der Waals surface area contributed by atoms with Crippen molar-refractivity contribution in [3.8, 4) is 0 Å². The Balaban J connectivity index is 1.89. The third kappa shape index (κ3) is 3.80. The van der Waals surface area contributed by atoms with Crippen LogP contribution in [-0.4, -0.2) is 4.98 Å². The molecule has 0 radical (unpaired) electrons. The Hall–Kier alpha value is -0.900. The maximum atomic E-state index is 4.19. The van der Waals surface area contributed by atoms with E-state index in [1.54, 1.807) is 0 Å². The van der Waals surface area contributed by atoms with Gasteiger partial charge in [-0.2, -0.15) is 0 Å². The fourth-order valence-electron chi connectivity index (χ4n) is 2.06. The smallest absolute Gasteiger partial charge is 0.0359 e. The van der Waals surface area contributed by atoms with Gasteiger partial charge in [0.25, 0.3) is 0 Å². The highest BCUT2D eigenvalue weighted by Crippen LogP contribution is 2.31. The molecule has 18 heavy (non-hydrogen) atoms. The number of hydrogen-bond donors (Lipinski definition) is 0. The fraction of sp³-hybridized carbons (Fsp3) is 0.312. The molecule has 1 aromatic heterocycles. The molecule has 1 aromatic carbocycles. The van der Waals surface area contributed by atoms with Gasteiger partial charge in [-0.05, 0) is 36.0 Å². The van der Waals surface area contributed by atoms with Crippen LogP contribution in [0.1, 0.15) is 40.7 Å². The summed E-state index contributed by atoms with van der Waals surface area (Å²) in [6.45, 7) is 2.28. The Kier molecular flexibility index (Phi) is 5.17. The molecule has 0 fully saturated rings. The molecule has 1 heterocycles. The highest BCUT2D eigenvalue weighted by Gasteiger charge is 2.11. The van der Waals surface area contributed by atoms with Crippen LogP contribution in [0.2, 0.25) is 0 Å². The SMILES string of the molecule is CC(CCC(I)c1ccccc1)c1cccnc1. The van der Waals surface area contributed by atoms with Gasteiger partial charge in [0, 0.05) is 16.3 Å². The molecule has 2 unspecified atom stereocenters. The highest BCUT2D eigenvalue weighted by atomic mass is 127. The molecule has 2 rings (SSSR count). The summed E-state index contributed by atoms with van der Waals surface area (Å²) in [6.07, 6.45) is 6.23. The molecule has 2 aromatic rings. The lowest BCUT2D eigenvalue weighted by atomic mass is 9.95. The predicted molar refractivity (Wildman–Crippen MR) is 85.1 cm³/mol. The number of pyridine rings is 1. The summed E-state index contributed by atoms with van der Waals surface area (Å²) in [5, 5.41) is 0. The van der Waals surface area contributed by atoms with Crippen LogP contribution in [0.4, 0.5) is 0 Å². The Morgan fingerprint density at radius 2 is 1.72 bits per heavy atom. The van der Waals surface area contributed by atoms with Crippen LogP contribution in [0.15, 0.2) is 54.9 Å². The summed E-state index contributed by atoms with van der Waals surface area (Å²) in [4.78, 5) is 4.19. The van der Waals surface area contributed by atoms with E-state index >= 15 is 0 Å². The van der Waals surface area contributed by atoms with Crippen molar-refractivity contribution in [3.05, 3.63) is 66.0 Å². The van der Waals surface area contributed by atoms with Crippen LogP contribution in [0.25, 0.3) is 0 Å². The summed E-state index contributed by atoms with van der Waals surface area (Å²) in [6, 6.07) is 14.9. The van der Waals surface area contributed by atoms with Crippen molar-refractivity contribution in [1.29, 1.82) is 0 Å². The minimum Gasteiger partial charge on any atom is -0.264 e. The number of nitrogens with zero attached hydrogens (tertiary/aromatic N) is 1. The van der Waals surface area contributed by atoms with E-state index < -0.39 is 0 Å². The van der Waals surface area contributed by atoms with E-state index in [0.717, 1.165) is 0 Å². The first-order valence-corrected chi connectivity index (χ1v) is 7.61. The standard InChI is InChI=1S/C16H18IN/c1-13(15-8-5-11-18-12-15)9-10-16(17)14-6-3-2-4-7-14/h2-8,11-13,16H,9-10H2,1H3. The Morgan fingerprint density at radius 3 is 2.39 bits per heavy atom. The lowest BCUT2D eigenvalue weighted by Gasteiger charge is -2.14. The van der Waals surface area contributed by atoms with Gasteiger partial charge in [0.05, 0.1) is 0 Å². The lowest BCUT2D eigenvalue weighted by molar-refractivity contribution is 0.633. The largest absolute Gasteiger partial charge is 0.264 e. The monoisotopic (exact) mass is 351 g/mol. The first kappa shape index (κ1) is 13.5. The maximum absolute atomic E-state index is 4.19. The second-order valence-electron chi connectivity index (χ2n) is 4.64. The second-order valence-corrected chi connectivity index (χ2v) is 6.15. The molecule has 0 spiro atoms. The molecule has 94 valence electrons. The molecular formula is C16H18IN. The molecule has 2 heteroatoms. The predicted octanol–water partition coefficient (Wildman–Crippen LogP) is 5.14. The molecule has 2 atom stereocenters. The third-order valence-corrected chi connectivity index (χ3v) is 4.61. The lowest BCUT2D eigenvalue weighted by Crippen LogP contribution is -1.97. The molecule has 0 aliphatic heterocycles. The molecule has 0 amide bonds. The fourth-order valence-corrected chi connectivity index (χ4v) is 2.83. The van der Waals surface area contributed by atoms with Gasteiger partial charge in [0.1, 0.15) is 0 Å². The van der Waals surface area contributed by atoms with Crippen molar-refractivity contribution in [2.24, 2.45) is 0 Å². The van der Waals surface area contributed by atoms with Gasteiger partial charge in [-0.25, -0.2) is 0 Å².